The first-order chi connectivity index (χ1) is 14.9. The molecule has 0 saturated carbocycles. The molecule has 1 amide bonds. The van der Waals surface area contributed by atoms with Gasteiger partial charge in [0.1, 0.15) is 12.4 Å². The maximum Gasteiger partial charge on any atom is 0.271 e. The molecule has 6 nitrogen and oxygen atoms in total. The number of aromatic hydroxyl groups is 1. The number of hydrogen-bond acceptors (Lipinski definition) is 5. The van der Waals surface area contributed by atoms with Gasteiger partial charge in [0, 0.05) is 15.6 Å². The van der Waals surface area contributed by atoms with Gasteiger partial charge in [0.2, 0.25) is 0 Å². The Morgan fingerprint density at radius 1 is 1.03 bits per heavy atom. The molecule has 3 aromatic rings. The summed E-state index contributed by atoms with van der Waals surface area (Å²) >= 11 is 9.90. The second kappa shape index (κ2) is 10.8. The Bertz CT molecular complexity index is 1100. The van der Waals surface area contributed by atoms with Crippen molar-refractivity contribution in [1.29, 1.82) is 0 Å². The molecule has 0 atom stereocenters. The minimum absolute atomic E-state index is 0.0191. The zero-order valence-electron chi connectivity index (χ0n) is 16.2. The lowest BCUT2D eigenvalue weighted by molar-refractivity contribution is 0.0955. The first-order valence-electron chi connectivity index (χ1n) is 8.94. The fourth-order valence-corrected chi connectivity index (χ4v) is 4.19. The van der Waals surface area contributed by atoms with Crippen molar-refractivity contribution >= 4 is 59.9 Å². The molecule has 0 radical (unpaired) electrons. The molecule has 0 aromatic heterocycles. The summed E-state index contributed by atoms with van der Waals surface area (Å²) in [5.74, 6) is 0.714. The Balaban J connectivity index is 1.71. The van der Waals surface area contributed by atoms with Crippen LogP contribution in [-0.4, -0.2) is 24.3 Å². The fraction of sp³-hybridized carbons (Fsp3) is 0.0909. The van der Waals surface area contributed by atoms with E-state index in [2.05, 4.69) is 58.3 Å². The first kappa shape index (κ1) is 23.3. The summed E-state index contributed by atoms with van der Waals surface area (Å²) in [6.45, 7) is 0.408. The van der Waals surface area contributed by atoms with E-state index in [0.717, 1.165) is 10.0 Å². The van der Waals surface area contributed by atoms with Crippen LogP contribution in [-0.2, 0) is 6.61 Å². The van der Waals surface area contributed by atoms with Crippen molar-refractivity contribution < 1.29 is 19.4 Å². The third kappa shape index (κ3) is 6.09. The Morgan fingerprint density at radius 3 is 2.35 bits per heavy atom. The number of rotatable bonds is 7. The quantitative estimate of drug-likeness (QED) is 0.252. The highest BCUT2D eigenvalue weighted by atomic mass is 79.9. The number of ether oxygens (including phenoxy) is 2. The van der Waals surface area contributed by atoms with E-state index in [9.17, 15) is 9.90 Å². The lowest BCUT2D eigenvalue weighted by Crippen LogP contribution is -2.17. The molecule has 0 heterocycles. The molecule has 0 aliphatic heterocycles. The van der Waals surface area contributed by atoms with Crippen LogP contribution in [0.2, 0.25) is 0 Å². The van der Waals surface area contributed by atoms with Gasteiger partial charge in [-0.1, -0.05) is 30.3 Å². The summed E-state index contributed by atoms with van der Waals surface area (Å²) in [6.07, 6.45) is 1.50. The number of methoxy groups -OCH3 is 1. The number of benzene rings is 3. The summed E-state index contributed by atoms with van der Waals surface area (Å²) in [5, 5.41) is 13.8. The highest BCUT2D eigenvalue weighted by Gasteiger charge is 2.12. The van der Waals surface area contributed by atoms with Crippen molar-refractivity contribution in [2.45, 2.75) is 6.61 Å². The van der Waals surface area contributed by atoms with Crippen molar-refractivity contribution in [3.8, 4) is 17.2 Å². The molecule has 3 aromatic carbocycles. The topological polar surface area (TPSA) is 80.2 Å². The zero-order chi connectivity index (χ0) is 22.4. The van der Waals surface area contributed by atoms with Crippen LogP contribution in [0, 0.1) is 0 Å². The van der Waals surface area contributed by atoms with E-state index in [1.54, 1.807) is 19.2 Å². The maximum atomic E-state index is 12.3. The van der Waals surface area contributed by atoms with Crippen LogP contribution < -0.4 is 14.9 Å². The third-order valence-electron chi connectivity index (χ3n) is 4.17. The van der Waals surface area contributed by atoms with Gasteiger partial charge in [0.15, 0.2) is 11.5 Å². The number of halogens is 3. The summed E-state index contributed by atoms with van der Waals surface area (Å²) in [5.41, 5.74) is 4.53. The summed E-state index contributed by atoms with van der Waals surface area (Å²) in [7, 11) is 1.56. The summed E-state index contributed by atoms with van der Waals surface area (Å²) in [4.78, 5) is 12.3. The standard InChI is InChI=1S/C22H17Br3N2O4/c1-30-19-9-15(16(23)10-20(19)31-12-13-5-3-2-4-6-13)11-26-27-22(29)14-7-17(24)21(28)18(25)8-14/h2-11,28H,12H2,1H3,(H,27,29)/b26-11+. The molecule has 31 heavy (non-hydrogen) atoms. The lowest BCUT2D eigenvalue weighted by atomic mass is 10.2. The number of carbonyl (C=O) groups is 1. The number of nitrogens with one attached hydrogen (secondary N) is 1. The Labute approximate surface area is 204 Å². The van der Waals surface area contributed by atoms with Crippen LogP contribution >= 0.6 is 47.8 Å². The molecule has 0 bridgehead atoms. The number of amides is 1. The van der Waals surface area contributed by atoms with Gasteiger partial charge in [-0.3, -0.25) is 4.79 Å². The number of carbonyl (C=O) groups excluding carboxylic acids is 1. The van der Waals surface area contributed by atoms with Crippen LogP contribution in [0.25, 0.3) is 0 Å². The van der Waals surface area contributed by atoms with Gasteiger partial charge >= 0.3 is 0 Å². The van der Waals surface area contributed by atoms with E-state index < -0.39 is 5.91 Å². The normalized spacial score (nSPS) is 10.8. The van der Waals surface area contributed by atoms with Gasteiger partial charge in [-0.25, -0.2) is 5.43 Å². The van der Waals surface area contributed by atoms with Crippen molar-refractivity contribution in [3.63, 3.8) is 0 Å². The molecule has 0 saturated heterocycles. The van der Waals surface area contributed by atoms with Gasteiger partial charge in [-0.15, -0.1) is 0 Å². The molecule has 0 aliphatic carbocycles. The van der Waals surface area contributed by atoms with Crippen molar-refractivity contribution in [1.82, 2.24) is 5.43 Å². The Morgan fingerprint density at radius 2 is 1.71 bits per heavy atom. The molecule has 160 valence electrons. The number of phenols is 1. The van der Waals surface area contributed by atoms with E-state index in [1.807, 2.05) is 30.3 Å². The minimum Gasteiger partial charge on any atom is -0.506 e. The summed E-state index contributed by atoms with van der Waals surface area (Å²) < 4.78 is 12.8. The van der Waals surface area contributed by atoms with Crippen molar-refractivity contribution in [3.05, 3.63) is 84.7 Å². The second-order valence-electron chi connectivity index (χ2n) is 6.29. The highest BCUT2D eigenvalue weighted by Crippen LogP contribution is 2.34. The summed E-state index contributed by atoms with van der Waals surface area (Å²) in [6, 6.07) is 16.4. The van der Waals surface area contributed by atoms with Crippen LogP contribution in [0.5, 0.6) is 17.2 Å². The SMILES string of the molecule is COc1cc(/C=N/NC(=O)c2cc(Br)c(O)c(Br)c2)c(Br)cc1OCc1ccccc1. The monoisotopic (exact) mass is 610 g/mol. The average Bonchev–Trinajstić information content (AvgIpc) is 2.77. The van der Waals surface area contributed by atoms with E-state index >= 15 is 0 Å². The van der Waals surface area contributed by atoms with Crippen LogP contribution in [0.15, 0.2) is 73.1 Å². The molecular formula is C22H17Br3N2O4. The molecule has 0 aliphatic rings. The maximum absolute atomic E-state index is 12.3. The predicted octanol–water partition coefficient (Wildman–Crippen LogP) is 6.03. The number of nitrogens with zero attached hydrogens (tertiary/aromatic N) is 1. The average molecular weight is 613 g/mol. The van der Waals surface area contributed by atoms with E-state index in [0.29, 0.717) is 38.2 Å². The van der Waals surface area contributed by atoms with E-state index in [-0.39, 0.29) is 5.75 Å². The van der Waals surface area contributed by atoms with Crippen molar-refractivity contribution in [2.24, 2.45) is 5.10 Å². The van der Waals surface area contributed by atoms with Gasteiger partial charge in [-0.2, -0.15) is 5.10 Å². The molecule has 9 heteroatoms. The second-order valence-corrected chi connectivity index (χ2v) is 8.85. The smallest absolute Gasteiger partial charge is 0.271 e. The van der Waals surface area contributed by atoms with Gasteiger partial charge in [0.25, 0.3) is 5.91 Å². The van der Waals surface area contributed by atoms with E-state index in [1.165, 1.54) is 18.3 Å². The Hall–Kier alpha value is -2.36. The van der Waals surface area contributed by atoms with Crippen molar-refractivity contribution in [2.75, 3.05) is 7.11 Å². The Kier molecular flexibility index (Phi) is 8.11. The molecule has 2 N–H and O–H groups in total. The predicted molar refractivity (Wildman–Crippen MR) is 130 cm³/mol. The minimum atomic E-state index is -0.427. The molecule has 3 rings (SSSR count). The fourth-order valence-electron chi connectivity index (χ4n) is 2.58. The third-order valence-corrected chi connectivity index (χ3v) is 6.06. The molecular weight excluding hydrogens is 596 g/mol. The molecule has 0 fully saturated rings. The van der Waals surface area contributed by atoms with Gasteiger partial charge in [-0.05, 0) is 77.6 Å². The van der Waals surface area contributed by atoms with E-state index in [4.69, 9.17) is 9.47 Å². The largest absolute Gasteiger partial charge is 0.506 e. The van der Waals surface area contributed by atoms with Crippen LogP contribution in [0.1, 0.15) is 21.5 Å². The number of hydrazone groups is 1. The van der Waals surface area contributed by atoms with Gasteiger partial charge in [0.05, 0.1) is 22.3 Å². The zero-order valence-corrected chi connectivity index (χ0v) is 21.0. The number of hydrogen-bond donors (Lipinski definition) is 2. The van der Waals surface area contributed by atoms with Crippen LogP contribution in [0.3, 0.4) is 0 Å². The molecule has 0 spiro atoms. The highest BCUT2D eigenvalue weighted by molar-refractivity contribution is 9.11. The number of phenolic OH excluding ortho intramolecular Hbond substituents is 1. The van der Waals surface area contributed by atoms with Crippen LogP contribution in [0.4, 0.5) is 0 Å². The first-order valence-corrected chi connectivity index (χ1v) is 11.3. The molecule has 0 unspecified atom stereocenters. The van der Waals surface area contributed by atoms with Gasteiger partial charge < -0.3 is 14.6 Å². The lowest BCUT2D eigenvalue weighted by Gasteiger charge is -2.12.